The number of rotatable bonds is 3. The summed E-state index contributed by atoms with van der Waals surface area (Å²) in [6.45, 7) is 0. The molecular formula is C18H12BrClN2O2S. The van der Waals surface area contributed by atoms with Gasteiger partial charge in [-0.25, -0.2) is 0 Å². The van der Waals surface area contributed by atoms with Crippen molar-refractivity contribution in [3.05, 3.63) is 74.2 Å². The van der Waals surface area contributed by atoms with Crippen LogP contribution in [0.3, 0.4) is 0 Å². The largest absolute Gasteiger partial charge is 0.299 e. The van der Waals surface area contributed by atoms with Gasteiger partial charge in [0.15, 0.2) is 5.11 Å². The number of halogens is 2. The highest BCUT2D eigenvalue weighted by Crippen LogP contribution is 2.26. The maximum Gasteiger partial charge on any atom is 0.263 e. The van der Waals surface area contributed by atoms with Gasteiger partial charge >= 0.3 is 0 Å². The molecular weight excluding hydrogens is 424 g/mol. The zero-order valence-electron chi connectivity index (χ0n) is 12.8. The van der Waals surface area contributed by atoms with Gasteiger partial charge in [0.1, 0.15) is 5.57 Å². The van der Waals surface area contributed by atoms with E-state index in [1.165, 1.54) is 6.08 Å². The first-order valence-corrected chi connectivity index (χ1v) is 8.92. The van der Waals surface area contributed by atoms with Crippen LogP contribution < -0.4 is 10.6 Å². The summed E-state index contributed by atoms with van der Waals surface area (Å²) >= 11 is 14.5. The molecule has 7 heteroatoms. The molecule has 0 atom stereocenters. The number of benzene rings is 2. The van der Waals surface area contributed by atoms with E-state index in [4.69, 9.17) is 23.8 Å². The summed E-state index contributed by atoms with van der Waals surface area (Å²) < 4.78 is 0.869. The van der Waals surface area contributed by atoms with Crippen molar-refractivity contribution < 1.29 is 9.59 Å². The Hall–Kier alpha value is -2.02. The van der Waals surface area contributed by atoms with Crippen LogP contribution in [-0.2, 0) is 16.0 Å². The highest BCUT2D eigenvalue weighted by atomic mass is 79.9. The van der Waals surface area contributed by atoms with Crippen LogP contribution in [0.2, 0.25) is 5.02 Å². The molecule has 0 bridgehead atoms. The average Bonchev–Trinajstić information content (AvgIpc) is 2.55. The van der Waals surface area contributed by atoms with Crippen molar-refractivity contribution in [3.63, 3.8) is 0 Å². The second-order valence-corrected chi connectivity index (χ2v) is 7.08. The third-order valence-corrected chi connectivity index (χ3v) is 4.98. The minimum Gasteiger partial charge on any atom is -0.299 e. The van der Waals surface area contributed by atoms with Gasteiger partial charge in [0.25, 0.3) is 11.8 Å². The number of hydrogen-bond acceptors (Lipinski definition) is 3. The van der Waals surface area contributed by atoms with Crippen LogP contribution in [0.25, 0.3) is 6.08 Å². The molecule has 1 aliphatic heterocycles. The molecule has 2 aromatic carbocycles. The molecule has 2 aromatic rings. The molecule has 0 spiro atoms. The summed E-state index contributed by atoms with van der Waals surface area (Å²) in [5.74, 6) is -1.02. The Morgan fingerprint density at radius 1 is 1.04 bits per heavy atom. The topological polar surface area (TPSA) is 58.2 Å². The molecule has 0 unspecified atom stereocenters. The zero-order valence-corrected chi connectivity index (χ0v) is 16.0. The normalized spacial score (nSPS) is 14.2. The van der Waals surface area contributed by atoms with E-state index in [-0.39, 0.29) is 10.7 Å². The zero-order chi connectivity index (χ0) is 18.0. The van der Waals surface area contributed by atoms with Gasteiger partial charge in [0, 0.05) is 15.9 Å². The van der Waals surface area contributed by atoms with Crippen molar-refractivity contribution in [2.24, 2.45) is 0 Å². The first kappa shape index (κ1) is 17.8. The van der Waals surface area contributed by atoms with Crippen LogP contribution in [0.5, 0.6) is 0 Å². The van der Waals surface area contributed by atoms with E-state index in [9.17, 15) is 9.59 Å². The Morgan fingerprint density at radius 3 is 2.36 bits per heavy atom. The monoisotopic (exact) mass is 434 g/mol. The van der Waals surface area contributed by atoms with E-state index in [2.05, 4.69) is 26.6 Å². The van der Waals surface area contributed by atoms with Gasteiger partial charge in [-0.3, -0.25) is 20.2 Å². The number of carbonyl (C=O) groups is 2. The van der Waals surface area contributed by atoms with Gasteiger partial charge in [0.05, 0.1) is 0 Å². The van der Waals surface area contributed by atoms with Crippen LogP contribution in [0.4, 0.5) is 0 Å². The van der Waals surface area contributed by atoms with Crippen LogP contribution in [0.1, 0.15) is 16.7 Å². The van der Waals surface area contributed by atoms with Crippen LogP contribution in [-0.4, -0.2) is 16.9 Å². The number of nitrogens with one attached hydrogen (secondary N) is 2. The highest BCUT2D eigenvalue weighted by Gasteiger charge is 2.25. The fourth-order valence-corrected chi connectivity index (χ4v) is 3.34. The van der Waals surface area contributed by atoms with Crippen molar-refractivity contribution in [1.29, 1.82) is 0 Å². The fourth-order valence-electron chi connectivity index (χ4n) is 2.42. The number of hydrogen-bond donors (Lipinski definition) is 2. The molecule has 0 aliphatic carbocycles. The lowest BCUT2D eigenvalue weighted by atomic mass is 10.0. The fraction of sp³-hybridized carbons (Fsp3) is 0.0556. The maximum absolute atomic E-state index is 11.9. The summed E-state index contributed by atoms with van der Waals surface area (Å²) in [6.07, 6.45) is 2.20. The van der Waals surface area contributed by atoms with E-state index in [1.807, 2.05) is 42.5 Å². The Morgan fingerprint density at radius 2 is 1.72 bits per heavy atom. The van der Waals surface area contributed by atoms with Crippen molar-refractivity contribution in [2.45, 2.75) is 6.42 Å². The van der Waals surface area contributed by atoms with Gasteiger partial charge in [-0.05, 0) is 47.1 Å². The van der Waals surface area contributed by atoms with Gasteiger partial charge in [-0.15, -0.1) is 0 Å². The van der Waals surface area contributed by atoms with Crippen LogP contribution in [0, 0.1) is 0 Å². The molecule has 1 aliphatic rings. The first-order chi connectivity index (χ1) is 11.9. The third kappa shape index (κ3) is 4.15. The molecule has 4 nitrogen and oxygen atoms in total. The summed E-state index contributed by atoms with van der Waals surface area (Å²) in [5.41, 5.74) is 2.81. The quantitative estimate of drug-likeness (QED) is 0.440. The second-order valence-electron chi connectivity index (χ2n) is 5.41. The Kier molecular flexibility index (Phi) is 5.32. The maximum atomic E-state index is 11.9. The number of thiocarbonyl (C=S) groups is 1. The Bertz CT molecular complexity index is 905. The van der Waals surface area contributed by atoms with Crippen LogP contribution in [0.15, 0.2) is 52.5 Å². The van der Waals surface area contributed by atoms with Gasteiger partial charge < -0.3 is 0 Å². The lowest BCUT2D eigenvalue weighted by molar-refractivity contribution is -0.123. The predicted octanol–water partition coefficient (Wildman–Crippen LogP) is 3.61. The summed E-state index contributed by atoms with van der Waals surface area (Å²) in [4.78, 5) is 23.8. The molecule has 2 amide bonds. The van der Waals surface area contributed by atoms with Crippen molar-refractivity contribution in [2.75, 3.05) is 0 Å². The van der Waals surface area contributed by atoms with Gasteiger partial charge in [0.2, 0.25) is 0 Å². The van der Waals surface area contributed by atoms with E-state index < -0.39 is 11.8 Å². The minimum atomic E-state index is -0.509. The third-order valence-electron chi connectivity index (χ3n) is 3.67. The molecule has 0 radical (unpaired) electrons. The molecule has 0 aromatic heterocycles. The molecule has 1 saturated heterocycles. The molecule has 126 valence electrons. The summed E-state index contributed by atoms with van der Waals surface area (Å²) in [7, 11) is 0. The standard InChI is InChI=1S/C18H12BrClN2O2S/c19-14-8-10(7-13-16(23)21-18(25)22-17(13)24)5-6-11(14)9-12-3-1-2-4-15(12)20/h1-8H,9H2,(H2,21,22,23,24,25). The number of amides is 2. The lowest BCUT2D eigenvalue weighted by Crippen LogP contribution is -2.51. The van der Waals surface area contributed by atoms with Gasteiger partial charge in [-0.1, -0.05) is 57.9 Å². The van der Waals surface area contributed by atoms with Crippen LogP contribution >= 0.6 is 39.7 Å². The SMILES string of the molecule is O=C1NC(=S)NC(=O)C1=Cc1ccc(Cc2ccccc2Cl)c(Br)c1. The smallest absolute Gasteiger partial charge is 0.263 e. The van der Waals surface area contributed by atoms with E-state index in [0.717, 1.165) is 21.2 Å². The molecule has 25 heavy (non-hydrogen) atoms. The number of carbonyl (C=O) groups excluding carboxylic acids is 2. The highest BCUT2D eigenvalue weighted by molar-refractivity contribution is 9.10. The second kappa shape index (κ2) is 7.47. The summed E-state index contributed by atoms with van der Waals surface area (Å²) in [6, 6.07) is 13.3. The average molecular weight is 436 g/mol. The molecule has 1 fully saturated rings. The molecule has 0 saturated carbocycles. The van der Waals surface area contributed by atoms with Gasteiger partial charge in [-0.2, -0.15) is 0 Å². The molecule has 1 heterocycles. The first-order valence-electron chi connectivity index (χ1n) is 7.34. The van der Waals surface area contributed by atoms with E-state index >= 15 is 0 Å². The van der Waals surface area contributed by atoms with Crippen molar-refractivity contribution >= 4 is 62.8 Å². The molecule has 3 rings (SSSR count). The summed E-state index contributed by atoms with van der Waals surface area (Å²) in [5, 5.41) is 5.55. The van der Waals surface area contributed by atoms with Crippen molar-refractivity contribution in [1.82, 2.24) is 10.6 Å². The lowest BCUT2D eigenvalue weighted by Gasteiger charge is -2.16. The minimum absolute atomic E-state index is 0.0133. The molecule has 2 N–H and O–H groups in total. The predicted molar refractivity (Wildman–Crippen MR) is 105 cm³/mol. The van der Waals surface area contributed by atoms with Crippen molar-refractivity contribution in [3.8, 4) is 0 Å². The van der Waals surface area contributed by atoms with E-state index in [1.54, 1.807) is 0 Å². The Labute approximate surface area is 163 Å². The Balaban J connectivity index is 1.86. The van der Waals surface area contributed by atoms with E-state index in [0.29, 0.717) is 11.4 Å².